The van der Waals surface area contributed by atoms with Crippen molar-refractivity contribution >= 4 is 29.6 Å². The molecule has 0 saturated heterocycles. The summed E-state index contributed by atoms with van der Waals surface area (Å²) in [6.45, 7) is 1.93. The standard InChI is InChI=1S/C19H25NO7S/c1-11-15(26-2)7-6-12-9-28-10-13(18(23)24)20-17(22)14(21)5-3-4-8-27-19(25)16(11)12/h6-7,13-14,21H,3-5,8-10H2,1-2H3,(H,20,22)(H,23,24). The first-order valence-corrected chi connectivity index (χ1v) is 10.1. The van der Waals surface area contributed by atoms with E-state index in [4.69, 9.17) is 9.47 Å². The number of esters is 1. The SMILES string of the molecule is COc1ccc2c(c1C)C(=O)OCCCCC(O)C(=O)NC(C(=O)O)CSC2. The van der Waals surface area contributed by atoms with Gasteiger partial charge in [-0.3, -0.25) is 4.79 Å². The van der Waals surface area contributed by atoms with Crippen LogP contribution in [0.5, 0.6) is 5.75 Å². The molecule has 8 nitrogen and oxygen atoms in total. The molecule has 0 radical (unpaired) electrons. The van der Waals surface area contributed by atoms with Crippen LogP contribution in [0.15, 0.2) is 12.1 Å². The molecule has 9 heteroatoms. The van der Waals surface area contributed by atoms with Crippen molar-refractivity contribution in [1.29, 1.82) is 0 Å². The van der Waals surface area contributed by atoms with Gasteiger partial charge in [-0.25, -0.2) is 9.59 Å². The third-order valence-electron chi connectivity index (χ3n) is 4.49. The van der Waals surface area contributed by atoms with Gasteiger partial charge in [-0.2, -0.15) is 11.8 Å². The first-order chi connectivity index (χ1) is 13.3. The van der Waals surface area contributed by atoms with Gasteiger partial charge in [0.2, 0.25) is 5.91 Å². The number of hydrogen-bond acceptors (Lipinski definition) is 7. The summed E-state index contributed by atoms with van der Waals surface area (Å²) < 4.78 is 10.7. The van der Waals surface area contributed by atoms with Crippen molar-refractivity contribution in [1.82, 2.24) is 5.32 Å². The van der Waals surface area contributed by atoms with Crippen molar-refractivity contribution in [3.63, 3.8) is 0 Å². The number of thioether (sulfide) groups is 1. The number of benzene rings is 1. The maximum Gasteiger partial charge on any atom is 0.338 e. The molecule has 2 rings (SSSR count). The van der Waals surface area contributed by atoms with Crippen molar-refractivity contribution in [3.8, 4) is 5.75 Å². The van der Waals surface area contributed by atoms with Crippen LogP contribution in [-0.4, -0.2) is 59.7 Å². The van der Waals surface area contributed by atoms with Crippen LogP contribution >= 0.6 is 11.8 Å². The van der Waals surface area contributed by atoms with E-state index in [0.717, 1.165) is 0 Å². The molecule has 0 aromatic heterocycles. The maximum atomic E-state index is 12.6. The summed E-state index contributed by atoms with van der Waals surface area (Å²) in [5, 5.41) is 21.6. The van der Waals surface area contributed by atoms with Crippen molar-refractivity contribution in [3.05, 3.63) is 28.8 Å². The fourth-order valence-electron chi connectivity index (χ4n) is 2.91. The molecule has 2 atom stereocenters. The van der Waals surface area contributed by atoms with Crippen molar-refractivity contribution < 1.29 is 34.1 Å². The third kappa shape index (κ3) is 5.62. The minimum atomic E-state index is -1.30. The molecule has 1 aliphatic heterocycles. The number of fused-ring (bicyclic) bond motifs is 1. The fraction of sp³-hybridized carbons (Fsp3) is 0.526. The lowest BCUT2D eigenvalue weighted by atomic mass is 10.0. The molecule has 2 unspecified atom stereocenters. The molecule has 0 spiro atoms. The van der Waals surface area contributed by atoms with Gasteiger partial charge in [0.05, 0.1) is 19.3 Å². The van der Waals surface area contributed by atoms with Crippen LogP contribution in [-0.2, 0) is 20.1 Å². The summed E-state index contributed by atoms with van der Waals surface area (Å²) in [5.41, 5.74) is 1.78. The normalized spacial score (nSPS) is 22.1. The van der Waals surface area contributed by atoms with Crippen LogP contribution in [0.2, 0.25) is 0 Å². The Morgan fingerprint density at radius 3 is 2.75 bits per heavy atom. The summed E-state index contributed by atoms with van der Waals surface area (Å²) in [6.07, 6.45) is -0.202. The molecule has 0 aliphatic carbocycles. The molecular formula is C19H25NO7S. The number of nitrogens with one attached hydrogen (secondary N) is 1. The quantitative estimate of drug-likeness (QED) is 0.626. The van der Waals surface area contributed by atoms with Gasteiger partial charge in [-0.1, -0.05) is 6.07 Å². The molecular weight excluding hydrogens is 386 g/mol. The lowest BCUT2D eigenvalue weighted by molar-refractivity contribution is -0.142. The van der Waals surface area contributed by atoms with E-state index in [-0.39, 0.29) is 18.8 Å². The van der Waals surface area contributed by atoms with Gasteiger partial charge in [-0.05, 0) is 37.8 Å². The Kier molecular flexibility index (Phi) is 8.13. The third-order valence-corrected chi connectivity index (χ3v) is 5.57. The molecule has 3 N–H and O–H groups in total. The lowest BCUT2D eigenvalue weighted by Crippen LogP contribution is -2.46. The largest absolute Gasteiger partial charge is 0.496 e. The number of cyclic esters (lactones) is 1. The van der Waals surface area contributed by atoms with Crippen LogP contribution < -0.4 is 10.1 Å². The Morgan fingerprint density at radius 1 is 1.32 bits per heavy atom. The summed E-state index contributed by atoms with van der Waals surface area (Å²) in [4.78, 5) is 36.1. The number of aliphatic carboxylic acids is 1. The number of aliphatic hydroxyl groups excluding tert-OH is 1. The average molecular weight is 411 g/mol. The van der Waals surface area contributed by atoms with Crippen LogP contribution in [0.4, 0.5) is 0 Å². The number of carboxylic acids is 1. The summed E-state index contributed by atoms with van der Waals surface area (Å²) in [7, 11) is 1.52. The second kappa shape index (κ2) is 10.3. The molecule has 1 aromatic carbocycles. The molecule has 1 aliphatic rings. The highest BCUT2D eigenvalue weighted by atomic mass is 32.2. The number of methoxy groups -OCH3 is 1. The first kappa shape index (κ1) is 22.0. The second-order valence-corrected chi connectivity index (χ2v) is 7.52. The predicted octanol–water partition coefficient (Wildman–Crippen LogP) is 1.51. The zero-order valence-corrected chi connectivity index (χ0v) is 16.7. The Bertz CT molecular complexity index is 737. The molecule has 0 saturated carbocycles. The molecule has 154 valence electrons. The number of ether oxygens (including phenoxy) is 2. The number of carboxylic acid groups (broad SMARTS) is 1. The van der Waals surface area contributed by atoms with E-state index in [0.29, 0.717) is 41.0 Å². The van der Waals surface area contributed by atoms with E-state index >= 15 is 0 Å². The van der Waals surface area contributed by atoms with Crippen molar-refractivity contribution in [2.45, 2.75) is 44.1 Å². The van der Waals surface area contributed by atoms with Crippen LogP contribution in [0.25, 0.3) is 0 Å². The number of aliphatic hydroxyl groups is 1. The predicted molar refractivity (Wildman–Crippen MR) is 104 cm³/mol. The van der Waals surface area contributed by atoms with Gasteiger partial charge in [0, 0.05) is 17.1 Å². The van der Waals surface area contributed by atoms with E-state index in [1.165, 1.54) is 18.9 Å². The molecule has 1 amide bonds. The van der Waals surface area contributed by atoms with Gasteiger partial charge in [0.15, 0.2) is 0 Å². The summed E-state index contributed by atoms with van der Waals surface area (Å²) >= 11 is 1.27. The Labute approximate surface area is 167 Å². The highest BCUT2D eigenvalue weighted by Gasteiger charge is 2.25. The van der Waals surface area contributed by atoms with Gasteiger partial charge in [0.1, 0.15) is 17.9 Å². The number of carbonyl (C=O) groups is 3. The zero-order chi connectivity index (χ0) is 20.7. The van der Waals surface area contributed by atoms with Gasteiger partial charge < -0.3 is 25.0 Å². The van der Waals surface area contributed by atoms with Crippen LogP contribution in [0, 0.1) is 6.92 Å². The van der Waals surface area contributed by atoms with Crippen LogP contribution in [0.1, 0.15) is 40.7 Å². The van der Waals surface area contributed by atoms with Crippen molar-refractivity contribution in [2.24, 2.45) is 0 Å². The Balaban J connectivity index is 2.28. The summed E-state index contributed by atoms with van der Waals surface area (Å²) in [6, 6.07) is 2.38. The highest BCUT2D eigenvalue weighted by Crippen LogP contribution is 2.28. The number of rotatable bonds is 2. The molecule has 0 bridgehead atoms. The fourth-order valence-corrected chi connectivity index (χ4v) is 3.95. The first-order valence-electron chi connectivity index (χ1n) is 8.97. The number of carbonyl (C=O) groups excluding carboxylic acids is 2. The second-order valence-electron chi connectivity index (χ2n) is 6.49. The molecule has 0 fully saturated rings. The maximum absolute atomic E-state index is 12.6. The van der Waals surface area contributed by atoms with Gasteiger partial charge in [0.25, 0.3) is 0 Å². The average Bonchev–Trinajstić information content (AvgIpc) is 2.66. The highest BCUT2D eigenvalue weighted by molar-refractivity contribution is 7.98. The molecule has 28 heavy (non-hydrogen) atoms. The monoisotopic (exact) mass is 411 g/mol. The minimum absolute atomic E-state index is 0.0906. The van der Waals surface area contributed by atoms with E-state index in [1.807, 2.05) is 0 Å². The smallest absolute Gasteiger partial charge is 0.338 e. The zero-order valence-electron chi connectivity index (χ0n) is 15.9. The Morgan fingerprint density at radius 2 is 2.07 bits per heavy atom. The van der Waals surface area contributed by atoms with Crippen LogP contribution in [0.3, 0.4) is 0 Å². The van der Waals surface area contributed by atoms with E-state index < -0.39 is 30.0 Å². The van der Waals surface area contributed by atoms with E-state index in [9.17, 15) is 24.6 Å². The van der Waals surface area contributed by atoms with Gasteiger partial charge >= 0.3 is 11.9 Å². The molecule has 1 heterocycles. The summed E-state index contributed by atoms with van der Waals surface area (Å²) in [5.74, 6) is -1.34. The van der Waals surface area contributed by atoms with Crippen molar-refractivity contribution in [2.75, 3.05) is 19.5 Å². The topological polar surface area (TPSA) is 122 Å². The van der Waals surface area contributed by atoms with Gasteiger partial charge in [-0.15, -0.1) is 0 Å². The minimum Gasteiger partial charge on any atom is -0.496 e. The Hall–Kier alpha value is -2.26. The number of amides is 1. The van der Waals surface area contributed by atoms with E-state index in [2.05, 4.69) is 5.32 Å². The lowest BCUT2D eigenvalue weighted by Gasteiger charge is -2.17. The number of hydrogen-bond donors (Lipinski definition) is 3. The van der Waals surface area contributed by atoms with E-state index in [1.54, 1.807) is 19.1 Å². The molecule has 1 aromatic rings.